The van der Waals surface area contributed by atoms with E-state index in [2.05, 4.69) is 16.8 Å². The minimum absolute atomic E-state index is 0.142. The Labute approximate surface area is 206 Å². The molecule has 1 saturated heterocycles. The maximum atomic E-state index is 13.1. The predicted molar refractivity (Wildman–Crippen MR) is 128 cm³/mol. The van der Waals surface area contributed by atoms with E-state index in [9.17, 15) is 18.0 Å². The van der Waals surface area contributed by atoms with Gasteiger partial charge in [0.1, 0.15) is 11.6 Å². The summed E-state index contributed by atoms with van der Waals surface area (Å²) in [5.74, 6) is 6.78. The summed E-state index contributed by atoms with van der Waals surface area (Å²) in [6, 6.07) is 13.1. The van der Waals surface area contributed by atoms with E-state index in [4.69, 9.17) is 16.3 Å². The molecule has 0 bridgehead atoms. The first-order valence-corrected chi connectivity index (χ1v) is 11.2. The third kappa shape index (κ3) is 5.69. The van der Waals surface area contributed by atoms with Crippen LogP contribution in [-0.2, 0) is 6.18 Å². The molecule has 0 spiro atoms. The van der Waals surface area contributed by atoms with E-state index in [0.29, 0.717) is 59.5 Å². The van der Waals surface area contributed by atoms with Crippen LogP contribution in [0.4, 0.5) is 19.0 Å². The van der Waals surface area contributed by atoms with Crippen LogP contribution in [0.1, 0.15) is 27.0 Å². The molecule has 1 fully saturated rings. The molecule has 0 aliphatic carbocycles. The summed E-state index contributed by atoms with van der Waals surface area (Å²) >= 11 is 6.24. The lowest BCUT2D eigenvalue weighted by molar-refractivity contribution is -0.137. The van der Waals surface area contributed by atoms with Gasteiger partial charge in [0.05, 0.1) is 23.3 Å². The van der Waals surface area contributed by atoms with Crippen LogP contribution < -0.4 is 9.64 Å². The summed E-state index contributed by atoms with van der Waals surface area (Å²) in [6.07, 6.45) is -2.72. The highest BCUT2D eigenvalue weighted by atomic mass is 35.5. The lowest BCUT2D eigenvalue weighted by atomic mass is 10.1. The van der Waals surface area contributed by atoms with E-state index < -0.39 is 11.7 Å². The fourth-order valence-corrected chi connectivity index (χ4v) is 3.98. The number of aromatic nitrogens is 1. The van der Waals surface area contributed by atoms with Crippen molar-refractivity contribution in [2.24, 2.45) is 0 Å². The fourth-order valence-electron chi connectivity index (χ4n) is 3.73. The summed E-state index contributed by atoms with van der Waals surface area (Å²) in [6.45, 7) is 2.20. The van der Waals surface area contributed by atoms with Crippen LogP contribution in [0.5, 0.6) is 5.75 Å². The lowest BCUT2D eigenvalue weighted by Crippen LogP contribution is -2.49. The highest BCUT2D eigenvalue weighted by Crippen LogP contribution is 2.29. The van der Waals surface area contributed by atoms with Gasteiger partial charge in [-0.3, -0.25) is 4.79 Å². The Hall–Kier alpha value is -3.70. The summed E-state index contributed by atoms with van der Waals surface area (Å²) in [4.78, 5) is 21.3. The normalized spacial score (nSPS) is 13.7. The standard InChI is InChI=1S/C26H21ClF3N3O2/c1-35-23-11-8-20(17-19(23)7-4-18-5-9-21(10-6-18)26(28,29)30)25(34)33-15-13-32(14-16-33)24-22(27)3-2-12-31-24/h2-3,5-6,8-12,17H,13-16H2,1H3. The molecule has 2 aromatic carbocycles. The molecule has 0 radical (unpaired) electrons. The Bertz CT molecular complexity index is 1280. The van der Waals surface area contributed by atoms with Gasteiger partial charge in [-0.2, -0.15) is 13.2 Å². The number of halogens is 4. The number of amides is 1. The van der Waals surface area contributed by atoms with E-state index in [1.807, 2.05) is 4.90 Å². The number of hydrogen-bond acceptors (Lipinski definition) is 4. The van der Waals surface area contributed by atoms with Crippen LogP contribution in [0.3, 0.4) is 0 Å². The second-order valence-electron chi connectivity index (χ2n) is 7.83. The molecular weight excluding hydrogens is 479 g/mol. The largest absolute Gasteiger partial charge is 0.495 e. The first-order chi connectivity index (χ1) is 16.8. The molecule has 1 aliphatic rings. The van der Waals surface area contributed by atoms with E-state index in [-0.39, 0.29) is 5.91 Å². The van der Waals surface area contributed by atoms with E-state index in [0.717, 1.165) is 12.1 Å². The van der Waals surface area contributed by atoms with Crippen molar-refractivity contribution in [2.45, 2.75) is 6.18 Å². The highest BCUT2D eigenvalue weighted by Gasteiger charge is 2.30. The molecule has 1 aliphatic heterocycles. The van der Waals surface area contributed by atoms with Crippen LogP contribution in [0.2, 0.25) is 5.02 Å². The summed E-state index contributed by atoms with van der Waals surface area (Å²) in [5.41, 5.74) is 0.601. The molecule has 2 heterocycles. The van der Waals surface area contributed by atoms with Crippen LogP contribution >= 0.6 is 11.6 Å². The number of piperazine rings is 1. The first-order valence-electron chi connectivity index (χ1n) is 10.8. The second-order valence-corrected chi connectivity index (χ2v) is 8.24. The number of hydrogen-bond donors (Lipinski definition) is 0. The number of carbonyl (C=O) groups is 1. The van der Waals surface area contributed by atoms with Crippen molar-refractivity contribution in [2.75, 3.05) is 38.2 Å². The van der Waals surface area contributed by atoms with Crippen LogP contribution in [-0.4, -0.2) is 49.1 Å². The van der Waals surface area contributed by atoms with E-state index in [1.165, 1.54) is 19.2 Å². The number of methoxy groups -OCH3 is 1. The molecule has 0 atom stereocenters. The van der Waals surface area contributed by atoms with Crippen molar-refractivity contribution in [3.63, 3.8) is 0 Å². The highest BCUT2D eigenvalue weighted by molar-refractivity contribution is 6.32. The van der Waals surface area contributed by atoms with Gasteiger partial charge in [-0.05, 0) is 54.6 Å². The molecule has 5 nitrogen and oxygen atoms in total. The van der Waals surface area contributed by atoms with Gasteiger partial charge in [0.2, 0.25) is 0 Å². The quantitative estimate of drug-likeness (QED) is 0.469. The molecule has 0 unspecified atom stereocenters. The van der Waals surface area contributed by atoms with Gasteiger partial charge in [0.25, 0.3) is 5.91 Å². The molecular formula is C26H21ClF3N3O2. The number of benzene rings is 2. The number of nitrogens with zero attached hydrogens (tertiary/aromatic N) is 3. The van der Waals surface area contributed by atoms with Gasteiger partial charge in [0, 0.05) is 43.5 Å². The predicted octanol–water partition coefficient (Wildman–Crippen LogP) is 5.12. The molecule has 0 saturated carbocycles. The Morgan fingerprint density at radius 2 is 1.74 bits per heavy atom. The Morgan fingerprint density at radius 3 is 2.37 bits per heavy atom. The van der Waals surface area contributed by atoms with Gasteiger partial charge in [-0.25, -0.2) is 4.98 Å². The molecule has 9 heteroatoms. The van der Waals surface area contributed by atoms with Crippen LogP contribution in [0.25, 0.3) is 0 Å². The SMILES string of the molecule is COc1ccc(C(=O)N2CCN(c3ncccc3Cl)CC2)cc1C#Cc1ccc(C(F)(F)F)cc1. The molecule has 1 aromatic heterocycles. The molecule has 180 valence electrons. The van der Waals surface area contributed by atoms with Gasteiger partial charge in [0.15, 0.2) is 0 Å². The summed E-state index contributed by atoms with van der Waals surface area (Å²) in [7, 11) is 1.49. The number of anilines is 1. The van der Waals surface area contributed by atoms with Crippen LogP contribution in [0, 0.1) is 11.8 Å². The molecule has 3 aromatic rings. The molecule has 1 amide bonds. The Kier molecular flexibility index (Phi) is 7.17. The molecule has 35 heavy (non-hydrogen) atoms. The zero-order valence-corrected chi connectivity index (χ0v) is 19.5. The topological polar surface area (TPSA) is 45.7 Å². The van der Waals surface area contributed by atoms with Gasteiger partial charge < -0.3 is 14.5 Å². The fraction of sp³-hybridized carbons (Fsp3) is 0.231. The Morgan fingerprint density at radius 1 is 1.03 bits per heavy atom. The average molecular weight is 500 g/mol. The van der Waals surface area contributed by atoms with E-state index >= 15 is 0 Å². The summed E-state index contributed by atoms with van der Waals surface area (Å²) in [5, 5.41) is 0.568. The first kappa shape index (κ1) is 24.4. The zero-order valence-electron chi connectivity index (χ0n) is 18.8. The van der Waals surface area contributed by atoms with Crippen molar-refractivity contribution in [1.29, 1.82) is 0 Å². The average Bonchev–Trinajstić information content (AvgIpc) is 2.87. The van der Waals surface area contributed by atoms with E-state index in [1.54, 1.807) is 41.4 Å². The number of rotatable bonds is 3. The third-order valence-corrected chi connectivity index (χ3v) is 5.90. The smallest absolute Gasteiger partial charge is 0.416 e. The van der Waals surface area contributed by atoms with Gasteiger partial charge in [-0.1, -0.05) is 23.4 Å². The third-order valence-electron chi connectivity index (χ3n) is 5.61. The minimum Gasteiger partial charge on any atom is -0.495 e. The second kappa shape index (κ2) is 10.3. The number of ether oxygens (including phenoxy) is 1. The number of carbonyl (C=O) groups excluding carboxylic acids is 1. The number of alkyl halides is 3. The zero-order chi connectivity index (χ0) is 25.0. The maximum Gasteiger partial charge on any atom is 0.416 e. The molecule has 4 rings (SSSR count). The number of pyridine rings is 1. The van der Waals surface area contributed by atoms with Gasteiger partial charge >= 0.3 is 6.18 Å². The monoisotopic (exact) mass is 499 g/mol. The van der Waals surface area contributed by atoms with Crippen molar-refractivity contribution < 1.29 is 22.7 Å². The lowest BCUT2D eigenvalue weighted by Gasteiger charge is -2.35. The van der Waals surface area contributed by atoms with Crippen molar-refractivity contribution >= 4 is 23.3 Å². The Balaban J connectivity index is 1.49. The summed E-state index contributed by atoms with van der Waals surface area (Å²) < 4.78 is 43.7. The van der Waals surface area contributed by atoms with Crippen molar-refractivity contribution in [3.05, 3.63) is 88.1 Å². The minimum atomic E-state index is -4.40. The van der Waals surface area contributed by atoms with Crippen molar-refractivity contribution in [1.82, 2.24) is 9.88 Å². The maximum absolute atomic E-state index is 13.1. The van der Waals surface area contributed by atoms with Gasteiger partial charge in [-0.15, -0.1) is 0 Å². The molecule has 0 N–H and O–H groups in total. The van der Waals surface area contributed by atoms with Crippen molar-refractivity contribution in [3.8, 4) is 17.6 Å². The van der Waals surface area contributed by atoms with Crippen LogP contribution in [0.15, 0.2) is 60.8 Å².